The van der Waals surface area contributed by atoms with Crippen molar-refractivity contribution >= 4 is 40.6 Å². The molecule has 0 aliphatic carbocycles. The Morgan fingerprint density at radius 2 is 1.93 bits per heavy atom. The second kappa shape index (κ2) is 9.37. The lowest BCUT2D eigenvalue weighted by molar-refractivity contribution is -0.123. The van der Waals surface area contributed by atoms with Crippen molar-refractivity contribution in [2.45, 2.75) is 20.4 Å². The van der Waals surface area contributed by atoms with Crippen molar-refractivity contribution in [1.29, 1.82) is 0 Å². The summed E-state index contributed by atoms with van der Waals surface area (Å²) in [4.78, 5) is 26.7. The van der Waals surface area contributed by atoms with E-state index in [1.165, 1.54) is 4.90 Å². The van der Waals surface area contributed by atoms with E-state index in [0.29, 0.717) is 34.0 Å². The average molecular weight is 432 g/mol. The Labute approximate surface area is 179 Å². The molecular formula is C22H22ClNO4S. The van der Waals surface area contributed by atoms with Crippen LogP contribution in [0.3, 0.4) is 0 Å². The molecular weight excluding hydrogens is 410 g/mol. The second-order valence-electron chi connectivity index (χ2n) is 7.01. The molecule has 0 unspecified atom stereocenters. The summed E-state index contributed by atoms with van der Waals surface area (Å²) in [6, 6.07) is 12.6. The molecule has 2 amide bonds. The summed E-state index contributed by atoms with van der Waals surface area (Å²) in [5, 5.41) is 0.266. The maximum absolute atomic E-state index is 12.7. The first-order valence-corrected chi connectivity index (χ1v) is 10.4. The highest BCUT2D eigenvalue weighted by molar-refractivity contribution is 8.18. The number of carbonyl (C=O) groups is 2. The number of imide groups is 1. The molecule has 0 atom stereocenters. The zero-order valence-electron chi connectivity index (χ0n) is 16.5. The molecule has 1 fully saturated rings. The van der Waals surface area contributed by atoms with Crippen LogP contribution in [0.1, 0.15) is 25.0 Å². The van der Waals surface area contributed by atoms with Gasteiger partial charge in [-0.1, -0.05) is 43.6 Å². The predicted molar refractivity (Wildman–Crippen MR) is 116 cm³/mol. The summed E-state index contributed by atoms with van der Waals surface area (Å²) in [6.07, 6.45) is 1.69. The number of methoxy groups -OCH3 is 1. The summed E-state index contributed by atoms with van der Waals surface area (Å²) < 4.78 is 11.2. The van der Waals surface area contributed by atoms with E-state index in [1.54, 1.807) is 37.5 Å². The number of halogens is 1. The van der Waals surface area contributed by atoms with Gasteiger partial charge in [-0.2, -0.15) is 0 Å². The number of hydrogen-bond acceptors (Lipinski definition) is 5. The van der Waals surface area contributed by atoms with E-state index >= 15 is 0 Å². The van der Waals surface area contributed by atoms with Crippen LogP contribution in [0.15, 0.2) is 47.4 Å². The fourth-order valence-electron chi connectivity index (χ4n) is 2.76. The molecule has 3 rings (SSSR count). The van der Waals surface area contributed by atoms with Gasteiger partial charge in [0.1, 0.15) is 0 Å². The third-order valence-electron chi connectivity index (χ3n) is 4.16. The van der Waals surface area contributed by atoms with Crippen molar-refractivity contribution in [3.63, 3.8) is 0 Å². The number of benzene rings is 2. The third-order valence-corrected chi connectivity index (χ3v) is 5.30. The van der Waals surface area contributed by atoms with Crippen molar-refractivity contribution in [3.8, 4) is 11.5 Å². The van der Waals surface area contributed by atoms with Crippen molar-refractivity contribution in [3.05, 3.63) is 63.5 Å². The molecule has 152 valence electrons. The lowest BCUT2D eigenvalue weighted by atomic mass is 10.1. The fraction of sp³-hybridized carbons (Fsp3) is 0.273. The van der Waals surface area contributed by atoms with Crippen molar-refractivity contribution < 1.29 is 19.1 Å². The average Bonchev–Trinajstić information content (AvgIpc) is 2.94. The number of nitrogens with zero attached hydrogens (tertiary/aromatic N) is 1. The molecule has 29 heavy (non-hydrogen) atoms. The summed E-state index contributed by atoms with van der Waals surface area (Å²) >= 11 is 6.92. The lowest BCUT2D eigenvalue weighted by Crippen LogP contribution is -2.27. The summed E-state index contributed by atoms with van der Waals surface area (Å²) in [7, 11) is 1.57. The molecule has 0 bridgehead atoms. The van der Waals surface area contributed by atoms with Crippen molar-refractivity contribution in [2.24, 2.45) is 5.92 Å². The van der Waals surface area contributed by atoms with Gasteiger partial charge in [-0.25, -0.2) is 0 Å². The minimum absolute atomic E-state index is 0.188. The van der Waals surface area contributed by atoms with Gasteiger partial charge in [0.25, 0.3) is 11.1 Å². The van der Waals surface area contributed by atoms with Crippen LogP contribution in [0.25, 0.3) is 6.08 Å². The van der Waals surface area contributed by atoms with E-state index in [1.807, 2.05) is 18.2 Å². The highest BCUT2D eigenvalue weighted by atomic mass is 35.5. The lowest BCUT2D eigenvalue weighted by Gasteiger charge is -2.13. The van der Waals surface area contributed by atoms with E-state index in [-0.39, 0.29) is 17.7 Å². The van der Waals surface area contributed by atoms with Gasteiger partial charge in [-0.3, -0.25) is 14.5 Å². The second-order valence-corrected chi connectivity index (χ2v) is 8.44. The Morgan fingerprint density at radius 1 is 1.14 bits per heavy atom. The molecule has 5 nitrogen and oxygen atoms in total. The first-order chi connectivity index (χ1) is 13.9. The number of carbonyl (C=O) groups excluding carboxylic acids is 2. The Kier molecular flexibility index (Phi) is 6.87. The maximum atomic E-state index is 12.7. The zero-order valence-corrected chi connectivity index (χ0v) is 18.0. The van der Waals surface area contributed by atoms with Crippen molar-refractivity contribution in [1.82, 2.24) is 4.90 Å². The van der Waals surface area contributed by atoms with Gasteiger partial charge >= 0.3 is 0 Å². The maximum Gasteiger partial charge on any atom is 0.293 e. The van der Waals surface area contributed by atoms with E-state index in [2.05, 4.69) is 13.8 Å². The van der Waals surface area contributed by atoms with E-state index in [9.17, 15) is 9.59 Å². The minimum atomic E-state index is -0.320. The SMILES string of the molecule is COc1cc(/C=C2\SC(=O)N(Cc3cccc(Cl)c3)C2=O)ccc1OCC(C)C. The monoisotopic (exact) mass is 431 g/mol. The molecule has 0 N–H and O–H groups in total. The molecule has 1 saturated heterocycles. The molecule has 7 heteroatoms. The topological polar surface area (TPSA) is 55.8 Å². The number of ether oxygens (including phenoxy) is 2. The first-order valence-electron chi connectivity index (χ1n) is 9.18. The molecule has 0 saturated carbocycles. The molecule has 2 aromatic carbocycles. The Balaban J connectivity index is 1.78. The third kappa shape index (κ3) is 5.34. The Bertz CT molecular complexity index is 958. The van der Waals surface area contributed by atoms with Crippen LogP contribution in [0.2, 0.25) is 5.02 Å². The van der Waals surface area contributed by atoms with Crippen LogP contribution < -0.4 is 9.47 Å². The largest absolute Gasteiger partial charge is 0.493 e. The van der Waals surface area contributed by atoms with Gasteiger partial charge in [0.2, 0.25) is 0 Å². The van der Waals surface area contributed by atoms with Crippen LogP contribution in [0.4, 0.5) is 4.79 Å². The molecule has 1 aliphatic rings. The van der Waals surface area contributed by atoms with Gasteiger partial charge in [0, 0.05) is 5.02 Å². The van der Waals surface area contributed by atoms with E-state index in [0.717, 1.165) is 22.9 Å². The van der Waals surface area contributed by atoms with Crippen LogP contribution in [-0.4, -0.2) is 29.8 Å². The molecule has 1 heterocycles. The minimum Gasteiger partial charge on any atom is -0.493 e. The number of amides is 2. The van der Waals surface area contributed by atoms with Crippen LogP contribution in [-0.2, 0) is 11.3 Å². The zero-order chi connectivity index (χ0) is 21.0. The molecule has 2 aromatic rings. The van der Waals surface area contributed by atoms with Gasteiger partial charge < -0.3 is 9.47 Å². The molecule has 0 aromatic heterocycles. The quantitative estimate of drug-likeness (QED) is 0.532. The highest BCUT2D eigenvalue weighted by Gasteiger charge is 2.35. The summed E-state index contributed by atoms with van der Waals surface area (Å²) in [6.45, 7) is 4.91. The molecule has 1 aliphatic heterocycles. The van der Waals surface area contributed by atoms with Crippen LogP contribution in [0, 0.1) is 5.92 Å². The van der Waals surface area contributed by atoms with Gasteiger partial charge in [0.05, 0.1) is 25.2 Å². The number of rotatable bonds is 7. The number of hydrogen-bond donors (Lipinski definition) is 0. The summed E-state index contributed by atoms with van der Waals surface area (Å²) in [5.74, 6) is 1.30. The smallest absolute Gasteiger partial charge is 0.293 e. The van der Waals surface area contributed by atoms with Crippen molar-refractivity contribution in [2.75, 3.05) is 13.7 Å². The fourth-order valence-corrected chi connectivity index (χ4v) is 3.81. The van der Waals surface area contributed by atoms with E-state index < -0.39 is 0 Å². The Morgan fingerprint density at radius 3 is 2.62 bits per heavy atom. The first kappa shape index (κ1) is 21.3. The summed E-state index contributed by atoms with van der Waals surface area (Å²) in [5.41, 5.74) is 1.56. The van der Waals surface area contributed by atoms with Crippen LogP contribution >= 0.6 is 23.4 Å². The molecule has 0 radical (unpaired) electrons. The van der Waals surface area contributed by atoms with E-state index in [4.69, 9.17) is 21.1 Å². The van der Waals surface area contributed by atoms with Gasteiger partial charge in [-0.15, -0.1) is 0 Å². The van der Waals surface area contributed by atoms with Crippen LogP contribution in [0.5, 0.6) is 11.5 Å². The normalized spacial score (nSPS) is 15.5. The predicted octanol–water partition coefficient (Wildman–Crippen LogP) is 5.62. The number of thioether (sulfide) groups is 1. The van der Waals surface area contributed by atoms with Gasteiger partial charge in [-0.05, 0) is 59.1 Å². The Hall–Kier alpha value is -2.44. The van der Waals surface area contributed by atoms with Gasteiger partial charge in [0.15, 0.2) is 11.5 Å². The molecule has 0 spiro atoms. The highest BCUT2D eigenvalue weighted by Crippen LogP contribution is 2.35. The standard InChI is InChI=1S/C22H22ClNO4S/c1-14(2)13-28-18-8-7-15(10-19(18)27-3)11-20-21(25)24(22(26)29-20)12-16-5-4-6-17(23)9-16/h4-11,14H,12-13H2,1-3H3/b20-11-.